The van der Waals surface area contributed by atoms with Crippen LogP contribution in [0.5, 0.6) is 0 Å². The first-order valence-electron chi connectivity index (χ1n) is 5.57. The maximum absolute atomic E-state index is 13.7. The van der Waals surface area contributed by atoms with Crippen molar-refractivity contribution in [1.82, 2.24) is 10.2 Å². The number of aromatic nitrogens is 2. The van der Waals surface area contributed by atoms with Gasteiger partial charge in [-0.25, -0.2) is 9.18 Å². The molecule has 2 N–H and O–H groups in total. The minimum atomic E-state index is -1.12. The third-order valence-corrected chi connectivity index (χ3v) is 2.74. The fourth-order valence-electron chi connectivity index (χ4n) is 1.67. The Morgan fingerprint density at radius 3 is 2.67 bits per heavy atom. The van der Waals surface area contributed by atoms with Crippen LogP contribution in [0.15, 0.2) is 24.3 Å². The van der Waals surface area contributed by atoms with Gasteiger partial charge in [0.1, 0.15) is 11.5 Å². The molecule has 5 heteroatoms. The summed E-state index contributed by atoms with van der Waals surface area (Å²) in [5, 5.41) is 15.0. The average molecular weight is 248 g/mol. The van der Waals surface area contributed by atoms with Crippen molar-refractivity contribution in [3.63, 3.8) is 0 Å². The van der Waals surface area contributed by atoms with Crippen LogP contribution in [-0.2, 0) is 0 Å². The van der Waals surface area contributed by atoms with Crippen molar-refractivity contribution >= 4 is 5.97 Å². The number of hydrogen-bond acceptors (Lipinski definition) is 2. The number of halogens is 1. The molecule has 0 radical (unpaired) electrons. The van der Waals surface area contributed by atoms with Crippen LogP contribution in [0.1, 0.15) is 35.8 Å². The van der Waals surface area contributed by atoms with E-state index in [1.165, 1.54) is 12.1 Å². The molecule has 0 saturated carbocycles. The van der Waals surface area contributed by atoms with E-state index in [9.17, 15) is 9.18 Å². The third kappa shape index (κ3) is 2.25. The molecule has 0 saturated heterocycles. The van der Waals surface area contributed by atoms with Crippen molar-refractivity contribution < 1.29 is 14.3 Å². The SMILES string of the molecule is CC(C)c1ccc(F)c(-c2cc(C(=O)O)[nH]n2)c1. The van der Waals surface area contributed by atoms with Crippen LogP contribution in [0, 0.1) is 5.82 Å². The predicted molar refractivity (Wildman–Crippen MR) is 65.0 cm³/mol. The number of carboxylic acids is 1. The molecule has 18 heavy (non-hydrogen) atoms. The van der Waals surface area contributed by atoms with E-state index in [2.05, 4.69) is 10.2 Å². The van der Waals surface area contributed by atoms with Gasteiger partial charge in [-0.15, -0.1) is 0 Å². The Morgan fingerprint density at radius 2 is 2.11 bits per heavy atom. The molecule has 2 rings (SSSR count). The Labute approximate surface area is 103 Å². The van der Waals surface area contributed by atoms with Gasteiger partial charge < -0.3 is 5.11 Å². The van der Waals surface area contributed by atoms with Crippen LogP contribution in [-0.4, -0.2) is 21.3 Å². The molecule has 1 heterocycles. The molecular formula is C13H13FN2O2. The Balaban J connectivity index is 2.48. The fraction of sp³-hybridized carbons (Fsp3) is 0.231. The van der Waals surface area contributed by atoms with Gasteiger partial charge in [-0.1, -0.05) is 19.9 Å². The van der Waals surface area contributed by atoms with Crippen molar-refractivity contribution in [3.8, 4) is 11.3 Å². The molecule has 0 aliphatic rings. The van der Waals surface area contributed by atoms with Crippen LogP contribution < -0.4 is 0 Å². The summed E-state index contributed by atoms with van der Waals surface area (Å²) in [6.45, 7) is 4.01. The summed E-state index contributed by atoms with van der Waals surface area (Å²) in [5.74, 6) is -1.26. The van der Waals surface area contributed by atoms with Crippen molar-refractivity contribution in [2.45, 2.75) is 19.8 Å². The quantitative estimate of drug-likeness (QED) is 0.877. The topological polar surface area (TPSA) is 66.0 Å². The first-order valence-corrected chi connectivity index (χ1v) is 5.57. The predicted octanol–water partition coefficient (Wildman–Crippen LogP) is 3.04. The van der Waals surface area contributed by atoms with Gasteiger partial charge >= 0.3 is 5.97 Å². The number of carbonyl (C=O) groups is 1. The second kappa shape index (κ2) is 4.60. The molecule has 0 amide bonds. The van der Waals surface area contributed by atoms with Gasteiger partial charge in [-0.2, -0.15) is 5.10 Å². The Morgan fingerprint density at radius 1 is 1.39 bits per heavy atom. The highest BCUT2D eigenvalue weighted by Gasteiger charge is 2.13. The largest absolute Gasteiger partial charge is 0.477 e. The Hall–Kier alpha value is -2.17. The van der Waals surface area contributed by atoms with Gasteiger partial charge in [-0.05, 0) is 29.7 Å². The molecule has 0 fully saturated rings. The van der Waals surface area contributed by atoms with E-state index in [0.29, 0.717) is 11.3 Å². The van der Waals surface area contributed by atoms with Crippen LogP contribution in [0.25, 0.3) is 11.3 Å². The molecule has 1 aromatic heterocycles. The lowest BCUT2D eigenvalue weighted by Crippen LogP contribution is -1.95. The number of nitrogens with zero attached hydrogens (tertiary/aromatic N) is 1. The lowest BCUT2D eigenvalue weighted by atomic mass is 9.99. The first-order chi connectivity index (χ1) is 8.49. The van der Waals surface area contributed by atoms with Crippen molar-refractivity contribution in [1.29, 1.82) is 0 Å². The molecule has 0 bridgehead atoms. The van der Waals surface area contributed by atoms with E-state index in [-0.39, 0.29) is 11.6 Å². The number of carboxylic acid groups (broad SMARTS) is 1. The summed E-state index contributed by atoms with van der Waals surface area (Å²) in [6, 6.07) is 6.11. The zero-order valence-electron chi connectivity index (χ0n) is 10.1. The second-order valence-corrected chi connectivity index (χ2v) is 4.37. The number of H-pyrrole nitrogens is 1. The molecular weight excluding hydrogens is 235 g/mol. The highest BCUT2D eigenvalue weighted by Crippen LogP contribution is 2.26. The highest BCUT2D eigenvalue weighted by molar-refractivity contribution is 5.86. The molecule has 1 aromatic carbocycles. The van der Waals surface area contributed by atoms with Gasteiger partial charge in [0.15, 0.2) is 0 Å². The minimum absolute atomic E-state index is 0.0562. The Kier molecular flexibility index (Phi) is 3.14. The van der Waals surface area contributed by atoms with E-state index in [1.807, 2.05) is 13.8 Å². The summed E-state index contributed by atoms with van der Waals surface area (Å²) in [6.07, 6.45) is 0. The van der Waals surface area contributed by atoms with Gasteiger partial charge in [0.05, 0.1) is 5.69 Å². The van der Waals surface area contributed by atoms with Crippen LogP contribution in [0.4, 0.5) is 4.39 Å². The molecule has 0 unspecified atom stereocenters. The summed E-state index contributed by atoms with van der Waals surface area (Å²) < 4.78 is 13.7. The molecule has 0 aliphatic carbocycles. The van der Waals surface area contributed by atoms with Gasteiger partial charge in [-0.3, -0.25) is 5.10 Å². The Bertz CT molecular complexity index is 590. The van der Waals surface area contributed by atoms with E-state index in [0.717, 1.165) is 5.56 Å². The maximum atomic E-state index is 13.7. The van der Waals surface area contributed by atoms with Crippen molar-refractivity contribution in [3.05, 3.63) is 41.3 Å². The number of aromatic amines is 1. The van der Waals surface area contributed by atoms with Gasteiger partial charge in [0, 0.05) is 5.56 Å². The molecule has 0 aliphatic heterocycles. The van der Waals surface area contributed by atoms with Crippen LogP contribution in [0.2, 0.25) is 0 Å². The summed E-state index contributed by atoms with van der Waals surface area (Å²) in [4.78, 5) is 10.7. The highest BCUT2D eigenvalue weighted by atomic mass is 19.1. The molecule has 4 nitrogen and oxygen atoms in total. The normalized spacial score (nSPS) is 10.9. The number of aromatic carboxylic acids is 1. The van der Waals surface area contributed by atoms with Gasteiger partial charge in [0.2, 0.25) is 0 Å². The summed E-state index contributed by atoms with van der Waals surface area (Å²) >= 11 is 0. The number of nitrogens with one attached hydrogen (secondary N) is 1. The smallest absolute Gasteiger partial charge is 0.353 e. The minimum Gasteiger partial charge on any atom is -0.477 e. The standard InChI is InChI=1S/C13H13FN2O2/c1-7(2)8-3-4-10(14)9(5-8)11-6-12(13(17)18)16-15-11/h3-7H,1-2H3,(H,15,16)(H,17,18). The zero-order chi connectivity index (χ0) is 13.3. The molecule has 0 atom stereocenters. The molecule has 94 valence electrons. The van der Waals surface area contributed by atoms with Gasteiger partial charge in [0.25, 0.3) is 0 Å². The zero-order valence-corrected chi connectivity index (χ0v) is 10.1. The average Bonchev–Trinajstić information content (AvgIpc) is 2.78. The number of benzene rings is 1. The van der Waals surface area contributed by atoms with E-state index < -0.39 is 11.8 Å². The fourth-order valence-corrected chi connectivity index (χ4v) is 1.67. The molecule has 0 spiro atoms. The lowest BCUT2D eigenvalue weighted by molar-refractivity contribution is 0.0690. The van der Waals surface area contributed by atoms with E-state index >= 15 is 0 Å². The molecule has 2 aromatic rings. The second-order valence-electron chi connectivity index (χ2n) is 4.37. The summed E-state index contributed by atoms with van der Waals surface area (Å²) in [5.41, 5.74) is 1.53. The van der Waals surface area contributed by atoms with Crippen molar-refractivity contribution in [2.24, 2.45) is 0 Å². The summed E-state index contributed by atoms with van der Waals surface area (Å²) in [7, 11) is 0. The number of hydrogen-bond donors (Lipinski definition) is 2. The third-order valence-electron chi connectivity index (χ3n) is 2.74. The number of rotatable bonds is 3. The first kappa shape index (κ1) is 12.3. The van der Waals surface area contributed by atoms with E-state index in [1.54, 1.807) is 12.1 Å². The monoisotopic (exact) mass is 248 g/mol. The lowest BCUT2D eigenvalue weighted by Gasteiger charge is -2.07. The van der Waals surface area contributed by atoms with Crippen molar-refractivity contribution in [2.75, 3.05) is 0 Å². The van der Waals surface area contributed by atoms with Crippen LogP contribution in [0.3, 0.4) is 0 Å². The maximum Gasteiger partial charge on any atom is 0.353 e. The van der Waals surface area contributed by atoms with Crippen LogP contribution >= 0.6 is 0 Å². The van der Waals surface area contributed by atoms with E-state index in [4.69, 9.17) is 5.11 Å².